The summed E-state index contributed by atoms with van der Waals surface area (Å²) in [4.78, 5) is 44.3. The zero-order chi connectivity index (χ0) is 20.4. The summed E-state index contributed by atoms with van der Waals surface area (Å²) in [6, 6.07) is 5.09. The van der Waals surface area contributed by atoms with E-state index in [4.69, 9.17) is 9.47 Å². The molecule has 0 aliphatic carbocycles. The van der Waals surface area contributed by atoms with Gasteiger partial charge < -0.3 is 14.5 Å². The van der Waals surface area contributed by atoms with Crippen LogP contribution in [-0.4, -0.2) is 28.5 Å². The number of hydrogen-bond acceptors (Lipinski definition) is 7. The summed E-state index contributed by atoms with van der Waals surface area (Å²) in [5.74, 6) is -1.70. The molecule has 0 fully saturated rings. The third-order valence-corrected chi connectivity index (χ3v) is 5.17. The number of fused-ring (bicyclic) bond motifs is 1. The van der Waals surface area contributed by atoms with Gasteiger partial charge in [-0.1, -0.05) is 6.07 Å². The third-order valence-electron chi connectivity index (χ3n) is 4.01. The molecule has 146 valence electrons. The molecule has 1 N–H and O–H groups in total. The molecule has 3 rings (SSSR count). The van der Waals surface area contributed by atoms with Crippen molar-refractivity contribution in [3.05, 3.63) is 62.3 Å². The average molecular weight is 404 g/mol. The standard InChI is InChI=1S/C19H17FN2O5S/c1-4-26-19(25)14-9(2)13-16(23)21-15(22-17(13)28-14)10(3)27-18(24)11-6-5-7-12(20)8-11/h5-8,10H,4H2,1-3H3,(H,21,22,23)/t10-/m1/s1. The summed E-state index contributed by atoms with van der Waals surface area (Å²) in [5.41, 5.74) is 0.0907. The van der Waals surface area contributed by atoms with Gasteiger partial charge in [-0.05, 0) is 44.5 Å². The van der Waals surface area contributed by atoms with Crippen LogP contribution >= 0.6 is 11.3 Å². The van der Waals surface area contributed by atoms with Crippen molar-refractivity contribution in [3.8, 4) is 0 Å². The lowest BCUT2D eigenvalue weighted by atomic mass is 10.2. The maximum atomic E-state index is 13.3. The molecule has 2 heterocycles. The highest BCUT2D eigenvalue weighted by Gasteiger charge is 2.22. The molecule has 0 radical (unpaired) electrons. The van der Waals surface area contributed by atoms with Crippen molar-refractivity contribution in [3.63, 3.8) is 0 Å². The lowest BCUT2D eigenvalue weighted by Crippen LogP contribution is -2.17. The molecule has 0 bridgehead atoms. The fourth-order valence-corrected chi connectivity index (χ4v) is 3.73. The van der Waals surface area contributed by atoms with Gasteiger partial charge in [0.1, 0.15) is 15.5 Å². The number of rotatable bonds is 5. The van der Waals surface area contributed by atoms with Crippen molar-refractivity contribution < 1.29 is 23.5 Å². The lowest BCUT2D eigenvalue weighted by molar-refractivity contribution is 0.0319. The van der Waals surface area contributed by atoms with E-state index in [-0.39, 0.29) is 18.0 Å². The van der Waals surface area contributed by atoms with Crippen LogP contribution < -0.4 is 5.56 Å². The van der Waals surface area contributed by atoms with Crippen LogP contribution in [-0.2, 0) is 9.47 Å². The topological polar surface area (TPSA) is 98.3 Å². The molecule has 3 aromatic rings. The smallest absolute Gasteiger partial charge is 0.348 e. The molecule has 2 aromatic heterocycles. The Balaban J connectivity index is 1.92. The van der Waals surface area contributed by atoms with Gasteiger partial charge in [-0.3, -0.25) is 4.79 Å². The van der Waals surface area contributed by atoms with Crippen LogP contribution in [0.2, 0.25) is 0 Å². The van der Waals surface area contributed by atoms with Gasteiger partial charge in [-0.15, -0.1) is 11.3 Å². The largest absolute Gasteiger partial charge is 0.462 e. The maximum absolute atomic E-state index is 13.3. The van der Waals surface area contributed by atoms with Crippen molar-refractivity contribution in [2.24, 2.45) is 0 Å². The minimum atomic E-state index is -0.888. The first-order chi connectivity index (χ1) is 13.3. The van der Waals surface area contributed by atoms with Gasteiger partial charge in [0.25, 0.3) is 5.56 Å². The van der Waals surface area contributed by atoms with Gasteiger partial charge >= 0.3 is 11.9 Å². The summed E-state index contributed by atoms with van der Waals surface area (Å²) in [6.45, 7) is 5.09. The Morgan fingerprint density at radius 1 is 1.32 bits per heavy atom. The van der Waals surface area contributed by atoms with E-state index in [1.807, 2.05) is 0 Å². The number of aromatic amines is 1. The molecule has 28 heavy (non-hydrogen) atoms. The zero-order valence-electron chi connectivity index (χ0n) is 15.4. The predicted octanol–water partition coefficient (Wildman–Crippen LogP) is 3.53. The van der Waals surface area contributed by atoms with E-state index in [0.29, 0.717) is 20.7 Å². The minimum Gasteiger partial charge on any atom is -0.462 e. The van der Waals surface area contributed by atoms with Crippen molar-refractivity contribution >= 4 is 33.5 Å². The molecule has 0 saturated heterocycles. The van der Waals surface area contributed by atoms with Crippen LogP contribution in [0.5, 0.6) is 0 Å². The summed E-state index contributed by atoms with van der Waals surface area (Å²) in [6.07, 6.45) is -0.888. The van der Waals surface area contributed by atoms with Crippen LogP contribution in [0, 0.1) is 12.7 Å². The quantitative estimate of drug-likeness (QED) is 0.653. The second kappa shape index (κ2) is 7.89. The number of thiophene rings is 1. The molecule has 0 amide bonds. The van der Waals surface area contributed by atoms with Gasteiger partial charge in [-0.2, -0.15) is 0 Å². The number of H-pyrrole nitrogens is 1. The molecule has 0 spiro atoms. The number of carbonyl (C=O) groups is 2. The molecule has 0 aliphatic heterocycles. The molecule has 1 aromatic carbocycles. The molecule has 7 nitrogen and oxygen atoms in total. The Hall–Kier alpha value is -3.07. The normalized spacial score (nSPS) is 12.0. The first kappa shape index (κ1) is 19.7. The number of esters is 2. The Labute approximate surface area is 163 Å². The number of halogens is 1. The predicted molar refractivity (Wildman–Crippen MR) is 101 cm³/mol. The van der Waals surface area contributed by atoms with Crippen LogP contribution in [0.25, 0.3) is 10.2 Å². The Kier molecular flexibility index (Phi) is 5.55. The van der Waals surface area contributed by atoms with Crippen molar-refractivity contribution in [2.75, 3.05) is 6.61 Å². The number of nitrogens with one attached hydrogen (secondary N) is 1. The van der Waals surface area contributed by atoms with E-state index in [1.54, 1.807) is 13.8 Å². The minimum absolute atomic E-state index is 0.0480. The van der Waals surface area contributed by atoms with Crippen LogP contribution in [0.1, 0.15) is 51.4 Å². The number of nitrogens with zero attached hydrogens (tertiary/aromatic N) is 1. The number of aryl methyl sites for hydroxylation is 1. The SMILES string of the molecule is CCOC(=O)c1sc2nc([C@@H](C)OC(=O)c3cccc(F)c3)[nH]c(=O)c2c1C. The lowest BCUT2D eigenvalue weighted by Gasteiger charge is -2.12. The number of hydrogen-bond donors (Lipinski definition) is 1. The number of aromatic nitrogens is 2. The van der Waals surface area contributed by atoms with E-state index >= 15 is 0 Å². The Bertz CT molecular complexity index is 1120. The number of benzene rings is 1. The van der Waals surface area contributed by atoms with Gasteiger partial charge in [0, 0.05) is 0 Å². The van der Waals surface area contributed by atoms with Crippen molar-refractivity contribution in [1.29, 1.82) is 0 Å². The monoisotopic (exact) mass is 404 g/mol. The zero-order valence-corrected chi connectivity index (χ0v) is 16.2. The van der Waals surface area contributed by atoms with Crippen molar-refractivity contribution in [1.82, 2.24) is 9.97 Å². The molecule has 0 saturated carbocycles. The molecular formula is C19H17FN2O5S. The maximum Gasteiger partial charge on any atom is 0.348 e. The van der Waals surface area contributed by atoms with Gasteiger partial charge in [0.05, 0.1) is 17.6 Å². The van der Waals surface area contributed by atoms with E-state index in [2.05, 4.69) is 9.97 Å². The molecule has 0 aliphatic rings. The number of ether oxygens (including phenoxy) is 2. The molecule has 9 heteroatoms. The van der Waals surface area contributed by atoms with Crippen molar-refractivity contribution in [2.45, 2.75) is 26.9 Å². The second-order valence-corrected chi connectivity index (χ2v) is 6.96. The average Bonchev–Trinajstić information content (AvgIpc) is 2.99. The Morgan fingerprint density at radius 2 is 2.07 bits per heavy atom. The second-order valence-electron chi connectivity index (χ2n) is 5.97. The van der Waals surface area contributed by atoms with E-state index in [0.717, 1.165) is 17.4 Å². The molecule has 0 unspecified atom stereocenters. The highest BCUT2D eigenvalue weighted by Crippen LogP contribution is 2.28. The fraction of sp³-hybridized carbons (Fsp3) is 0.263. The van der Waals surface area contributed by atoms with Crippen LogP contribution in [0.4, 0.5) is 4.39 Å². The first-order valence-corrected chi connectivity index (χ1v) is 9.30. The van der Waals surface area contributed by atoms with E-state index in [9.17, 15) is 18.8 Å². The number of carbonyl (C=O) groups excluding carboxylic acids is 2. The first-order valence-electron chi connectivity index (χ1n) is 8.48. The van der Waals surface area contributed by atoms with Crippen LogP contribution in [0.15, 0.2) is 29.1 Å². The summed E-state index contributed by atoms with van der Waals surface area (Å²) in [5, 5.41) is 0.292. The summed E-state index contributed by atoms with van der Waals surface area (Å²) in [7, 11) is 0. The van der Waals surface area contributed by atoms with E-state index < -0.39 is 29.4 Å². The van der Waals surface area contributed by atoms with Gasteiger partial charge in [0.15, 0.2) is 11.9 Å². The molecule has 1 atom stereocenters. The summed E-state index contributed by atoms with van der Waals surface area (Å²) >= 11 is 1.04. The van der Waals surface area contributed by atoms with Gasteiger partial charge in [-0.25, -0.2) is 19.0 Å². The summed E-state index contributed by atoms with van der Waals surface area (Å²) < 4.78 is 23.5. The molecular weight excluding hydrogens is 387 g/mol. The third kappa shape index (κ3) is 3.79. The Morgan fingerprint density at radius 3 is 2.75 bits per heavy atom. The highest BCUT2D eigenvalue weighted by molar-refractivity contribution is 7.20. The highest BCUT2D eigenvalue weighted by atomic mass is 32.1. The van der Waals surface area contributed by atoms with Gasteiger partial charge in [0.2, 0.25) is 0 Å². The van der Waals surface area contributed by atoms with E-state index in [1.165, 1.54) is 25.1 Å². The van der Waals surface area contributed by atoms with Crippen LogP contribution in [0.3, 0.4) is 0 Å². The fourth-order valence-electron chi connectivity index (χ4n) is 2.64.